The Morgan fingerprint density at radius 1 is 0.627 bits per heavy atom. The molecule has 0 saturated heterocycles. The summed E-state index contributed by atoms with van der Waals surface area (Å²) >= 11 is 5.64. The smallest absolute Gasteiger partial charge is 0.294 e. The maximum Gasteiger partial charge on any atom is 0.294 e. The van der Waals surface area contributed by atoms with Crippen LogP contribution in [0.3, 0.4) is 0 Å². The number of thiazole rings is 2. The molecule has 67 heavy (non-hydrogen) atoms. The molecule has 0 fully saturated rings. The number of furan rings is 2. The molecular weight excluding hydrogens is 932 g/mol. The molecule has 0 saturated carbocycles. The molecule has 0 N–H and O–H groups in total. The summed E-state index contributed by atoms with van der Waals surface area (Å²) in [6, 6.07) is 31.0. The monoisotopic (exact) mass is 964 g/mol. The minimum atomic E-state index is -1.35. The van der Waals surface area contributed by atoms with Gasteiger partial charge in [0.05, 0.1) is 48.8 Å². The van der Waals surface area contributed by atoms with Crippen LogP contribution in [-0.4, -0.2) is 53.4 Å². The molecule has 4 aromatic carbocycles. The van der Waals surface area contributed by atoms with Crippen LogP contribution in [-0.2, 0) is 19.6 Å². The standard InChI is InChI=1S/C48H33FN8O6S4/c1-58-31-16-39(61-23-30-24-64-43(50-30)27-9-4-3-5-10-27)33-19-42(63-40(33)17-31)35-20-56-46(52-35)66-45(54-56)34(49)15-26-8-6-11-28(14-26)44-51-29(25-65-44)22-60-37-12-7-13-38-32(37)18-41(62-38)36-21-57-47(53-36)67-48(55-57)59-2/h3-14,16-21,24-25,34H,15,22-23H2,1-2H3/t34-/m0/s1. The lowest BCUT2D eigenvalue weighted by Gasteiger charge is -2.07. The number of fused-ring (bicyclic) bond motifs is 4. The van der Waals surface area contributed by atoms with Crippen molar-refractivity contribution in [3.05, 3.63) is 142 Å². The number of halogens is 1. The molecule has 19 heteroatoms. The Morgan fingerprint density at radius 3 is 2.00 bits per heavy atom. The fourth-order valence-corrected chi connectivity index (χ4v) is 10.8. The molecular formula is C48H33FN8O6S4. The summed E-state index contributed by atoms with van der Waals surface area (Å²) in [5.74, 6) is 2.98. The van der Waals surface area contributed by atoms with Gasteiger partial charge in [0, 0.05) is 40.4 Å². The fraction of sp³-hybridized carbons (Fsp3) is 0.125. The van der Waals surface area contributed by atoms with Gasteiger partial charge in [0.15, 0.2) is 22.7 Å². The lowest BCUT2D eigenvalue weighted by atomic mass is 10.1. The molecule has 12 rings (SSSR count). The molecule has 0 aliphatic carbocycles. The number of imidazole rings is 2. The molecule has 0 unspecified atom stereocenters. The first-order chi connectivity index (χ1) is 32.9. The second kappa shape index (κ2) is 17.1. The van der Waals surface area contributed by atoms with E-state index in [4.69, 9.17) is 42.7 Å². The first-order valence-electron chi connectivity index (χ1n) is 20.7. The van der Waals surface area contributed by atoms with Crippen LogP contribution in [0.25, 0.3) is 75.9 Å². The largest absolute Gasteiger partial charge is 0.496 e. The third kappa shape index (κ3) is 8.05. The molecule has 0 aliphatic heterocycles. The molecule has 8 heterocycles. The van der Waals surface area contributed by atoms with Crippen molar-refractivity contribution in [3.63, 3.8) is 0 Å². The zero-order valence-corrected chi connectivity index (χ0v) is 38.5. The lowest BCUT2D eigenvalue weighted by Crippen LogP contribution is -1.98. The molecule has 0 bridgehead atoms. The number of methoxy groups -OCH3 is 2. The number of hydrogen-bond acceptors (Lipinski definition) is 16. The average Bonchev–Trinajstić information content (AvgIpc) is 4.21. The van der Waals surface area contributed by atoms with E-state index >= 15 is 4.39 Å². The van der Waals surface area contributed by atoms with Crippen molar-refractivity contribution in [2.45, 2.75) is 25.8 Å². The average molecular weight is 965 g/mol. The quantitative estimate of drug-likeness (QED) is 0.0962. The Morgan fingerprint density at radius 2 is 1.28 bits per heavy atom. The third-order valence-corrected chi connectivity index (χ3v) is 14.6. The molecule has 332 valence electrons. The Balaban J connectivity index is 0.702. The van der Waals surface area contributed by atoms with Crippen LogP contribution < -0.4 is 18.9 Å². The van der Waals surface area contributed by atoms with E-state index in [1.165, 1.54) is 34.0 Å². The summed E-state index contributed by atoms with van der Waals surface area (Å²) in [7, 11) is 3.18. The molecule has 14 nitrogen and oxygen atoms in total. The van der Waals surface area contributed by atoms with Gasteiger partial charge >= 0.3 is 0 Å². The Labute approximate surface area is 395 Å². The van der Waals surface area contributed by atoms with Gasteiger partial charge in [-0.1, -0.05) is 65.9 Å². The summed E-state index contributed by atoms with van der Waals surface area (Å²) in [5.41, 5.74) is 6.85. The van der Waals surface area contributed by atoms with Crippen LogP contribution in [0.15, 0.2) is 129 Å². The van der Waals surface area contributed by atoms with E-state index in [-0.39, 0.29) is 19.6 Å². The molecule has 1 atom stereocenters. The number of benzene rings is 4. The van der Waals surface area contributed by atoms with E-state index < -0.39 is 6.17 Å². The van der Waals surface area contributed by atoms with Gasteiger partial charge in [-0.2, -0.15) is 5.10 Å². The summed E-state index contributed by atoms with van der Waals surface area (Å²) in [5, 5.41) is 17.1. The second-order valence-corrected chi connectivity index (χ2v) is 18.9. The van der Waals surface area contributed by atoms with Gasteiger partial charge in [-0.05, 0) is 47.2 Å². The molecule has 12 aromatic rings. The van der Waals surface area contributed by atoms with Crippen molar-refractivity contribution in [2.75, 3.05) is 14.2 Å². The fourth-order valence-electron chi connectivity index (χ4n) is 7.60. The van der Waals surface area contributed by atoms with Gasteiger partial charge < -0.3 is 27.8 Å². The van der Waals surface area contributed by atoms with Crippen LogP contribution in [0.1, 0.15) is 28.1 Å². The molecule has 0 amide bonds. The van der Waals surface area contributed by atoms with E-state index in [9.17, 15) is 0 Å². The first kappa shape index (κ1) is 41.0. The third-order valence-electron chi connectivity index (χ3n) is 10.8. The number of alkyl halides is 1. The topological polar surface area (TPSA) is 149 Å². The Bertz CT molecular complexity index is 3670. The van der Waals surface area contributed by atoms with Crippen molar-refractivity contribution >= 4 is 77.2 Å². The van der Waals surface area contributed by atoms with Crippen LogP contribution in [0, 0.1) is 0 Å². The minimum Gasteiger partial charge on any atom is -0.496 e. The molecule has 0 aliphatic rings. The summed E-state index contributed by atoms with van der Waals surface area (Å²) in [4.78, 5) is 20.3. The summed E-state index contributed by atoms with van der Waals surface area (Å²) < 4.78 is 55.0. The van der Waals surface area contributed by atoms with E-state index in [2.05, 4.69) is 15.2 Å². The second-order valence-electron chi connectivity index (χ2n) is 15.2. The van der Waals surface area contributed by atoms with E-state index in [0.717, 1.165) is 48.9 Å². The number of ether oxygens (including phenoxy) is 4. The zero-order chi connectivity index (χ0) is 45.0. The zero-order valence-electron chi connectivity index (χ0n) is 35.3. The van der Waals surface area contributed by atoms with E-state index in [1.54, 1.807) is 47.0 Å². The summed E-state index contributed by atoms with van der Waals surface area (Å²) in [6.45, 7) is 0.525. The van der Waals surface area contributed by atoms with Crippen LogP contribution in [0.5, 0.6) is 22.4 Å². The van der Waals surface area contributed by atoms with Crippen LogP contribution in [0.4, 0.5) is 4.39 Å². The van der Waals surface area contributed by atoms with E-state index in [1.807, 2.05) is 108 Å². The van der Waals surface area contributed by atoms with Crippen LogP contribution in [0.2, 0.25) is 0 Å². The van der Waals surface area contributed by atoms with Crippen molar-refractivity contribution < 1.29 is 32.2 Å². The Hall–Kier alpha value is -7.45. The van der Waals surface area contributed by atoms with Gasteiger partial charge in [0.1, 0.15) is 63.0 Å². The number of hydrogen-bond donors (Lipinski definition) is 0. The number of aromatic nitrogens is 8. The van der Waals surface area contributed by atoms with E-state index in [0.29, 0.717) is 71.4 Å². The van der Waals surface area contributed by atoms with Gasteiger partial charge in [-0.3, -0.25) is 0 Å². The molecule has 8 aromatic heterocycles. The predicted molar refractivity (Wildman–Crippen MR) is 257 cm³/mol. The van der Waals surface area contributed by atoms with Crippen molar-refractivity contribution in [1.29, 1.82) is 0 Å². The highest BCUT2D eigenvalue weighted by molar-refractivity contribution is 7.18. The highest BCUT2D eigenvalue weighted by atomic mass is 32.1. The van der Waals surface area contributed by atoms with Crippen molar-refractivity contribution in [3.8, 4) is 66.5 Å². The lowest BCUT2D eigenvalue weighted by molar-refractivity contribution is 0.303. The molecule has 0 spiro atoms. The number of nitrogens with zero attached hydrogens (tertiary/aromatic N) is 8. The predicted octanol–water partition coefficient (Wildman–Crippen LogP) is 12.4. The number of rotatable bonds is 15. The highest BCUT2D eigenvalue weighted by Crippen LogP contribution is 2.39. The van der Waals surface area contributed by atoms with Crippen molar-refractivity contribution in [1.82, 2.24) is 39.2 Å². The van der Waals surface area contributed by atoms with Gasteiger partial charge in [-0.25, -0.2) is 33.4 Å². The van der Waals surface area contributed by atoms with Gasteiger partial charge in [0.25, 0.3) is 5.19 Å². The highest BCUT2D eigenvalue weighted by Gasteiger charge is 2.22. The maximum absolute atomic E-state index is 16.0. The SMILES string of the molecule is COc1cc(OCc2csc(-c3ccccc3)n2)c2cc(-c3cn4nc([C@@H](F)Cc5cccc(-c6nc(COc7cccc8oc(-c9cn%10nc(OC)sc%10n9)cc78)cs6)c5)sc4n3)oc2c1. The summed E-state index contributed by atoms with van der Waals surface area (Å²) in [6.07, 6.45) is 2.34. The first-order valence-corrected chi connectivity index (χ1v) is 24.1. The minimum absolute atomic E-state index is 0.139. The maximum atomic E-state index is 16.0. The normalized spacial score (nSPS) is 12.2. The molecule has 0 radical (unpaired) electrons. The van der Waals surface area contributed by atoms with Gasteiger partial charge in [-0.15, -0.1) is 27.8 Å². The van der Waals surface area contributed by atoms with Crippen molar-refractivity contribution in [2.24, 2.45) is 0 Å². The van der Waals surface area contributed by atoms with Crippen LogP contribution >= 0.6 is 45.3 Å². The van der Waals surface area contributed by atoms with Gasteiger partial charge in [0.2, 0.25) is 9.92 Å². The Kier molecular flexibility index (Phi) is 10.5.